The average molecular weight is 769 g/mol. The summed E-state index contributed by atoms with van der Waals surface area (Å²) in [7, 11) is 2.95. The predicted molar refractivity (Wildman–Crippen MR) is 198 cm³/mol. The van der Waals surface area contributed by atoms with Gasteiger partial charge in [-0.15, -0.1) is 22.7 Å². The molecule has 0 amide bonds. The van der Waals surface area contributed by atoms with Crippen molar-refractivity contribution in [1.82, 2.24) is 0 Å². The summed E-state index contributed by atoms with van der Waals surface area (Å²) in [6, 6.07) is 31.7. The Labute approximate surface area is 314 Å². The molecule has 2 heterocycles. The van der Waals surface area contributed by atoms with Crippen LogP contribution in [0.15, 0.2) is 109 Å². The molecule has 0 N–H and O–H groups in total. The van der Waals surface area contributed by atoms with Crippen LogP contribution in [0.3, 0.4) is 0 Å². The van der Waals surface area contributed by atoms with E-state index in [-0.39, 0.29) is 27.3 Å². The van der Waals surface area contributed by atoms with E-state index < -0.39 is 40.0 Å². The number of methoxy groups -OCH3 is 2. The Hall–Kier alpha value is -5.82. The zero-order valence-electron chi connectivity index (χ0n) is 28.4. The number of nitrogens with zero attached hydrogens (tertiary/aromatic N) is 2. The molecule has 0 aliphatic heterocycles. The van der Waals surface area contributed by atoms with E-state index in [2.05, 4.69) is 0 Å². The van der Waals surface area contributed by atoms with E-state index in [1.807, 2.05) is 12.1 Å². The van der Waals surface area contributed by atoms with Crippen LogP contribution in [-0.4, -0.2) is 32.0 Å². The number of allylic oxidation sites excluding steroid dienone is 2. The van der Waals surface area contributed by atoms with Gasteiger partial charge in [0.2, 0.25) is 0 Å². The molecule has 0 radical (unpaired) electrons. The minimum Gasteiger partial charge on any atom is -0.497 e. The molecular formula is C42H26F6N2O2S2. The van der Waals surface area contributed by atoms with E-state index in [9.17, 15) is 10.5 Å². The zero-order chi connectivity index (χ0) is 38.4. The monoisotopic (exact) mass is 768 g/mol. The van der Waals surface area contributed by atoms with Gasteiger partial charge in [0.1, 0.15) is 11.5 Å². The van der Waals surface area contributed by atoms with Gasteiger partial charge in [-0.05, 0) is 101 Å². The summed E-state index contributed by atoms with van der Waals surface area (Å²) in [6.45, 7) is 0. The highest BCUT2D eigenvalue weighted by Crippen LogP contribution is 2.67. The van der Waals surface area contributed by atoms with Crippen LogP contribution >= 0.6 is 22.7 Å². The number of thiophene rings is 2. The molecule has 4 aromatic carbocycles. The van der Waals surface area contributed by atoms with E-state index in [1.165, 1.54) is 62.8 Å². The van der Waals surface area contributed by atoms with Crippen LogP contribution in [0.2, 0.25) is 0 Å². The zero-order valence-corrected chi connectivity index (χ0v) is 30.0. The van der Waals surface area contributed by atoms with E-state index in [1.54, 1.807) is 60.7 Å². The normalized spacial score (nSPS) is 15.4. The number of hydrogen-bond donors (Lipinski definition) is 0. The van der Waals surface area contributed by atoms with Crippen LogP contribution in [0.4, 0.5) is 26.3 Å². The largest absolute Gasteiger partial charge is 0.497 e. The Kier molecular flexibility index (Phi) is 9.38. The maximum atomic E-state index is 16.5. The third-order valence-electron chi connectivity index (χ3n) is 9.22. The molecule has 0 fully saturated rings. The fourth-order valence-electron chi connectivity index (χ4n) is 6.37. The van der Waals surface area contributed by atoms with Gasteiger partial charge in [-0.1, -0.05) is 36.4 Å². The lowest BCUT2D eigenvalue weighted by molar-refractivity contribution is -0.254. The second-order valence-electron chi connectivity index (χ2n) is 12.4. The Bertz CT molecular complexity index is 2470. The Morgan fingerprint density at radius 1 is 0.556 bits per heavy atom. The standard InChI is InChI=1S/C42H26F6N2O2S2/c1-51-30-15-7-24(8-16-30)19-36-32(20-34(53-36)27-9-3-25(22-49)4-10-27)37-38(41(45,46)42(47,48)40(37,43)44)33-21-35(28-13-17-31(52-2)18-14-28)54-39(33)29-11-5-26(23-50)6-12-29/h3-18,20-21H,19H2,1-2H3. The number of nitriles is 2. The van der Waals surface area contributed by atoms with Crippen LogP contribution in [0.5, 0.6) is 11.5 Å². The average Bonchev–Trinajstić information content (AvgIpc) is 3.83. The van der Waals surface area contributed by atoms with Gasteiger partial charge >= 0.3 is 17.8 Å². The molecule has 7 rings (SSSR count). The number of rotatable bonds is 9. The first-order valence-electron chi connectivity index (χ1n) is 16.3. The summed E-state index contributed by atoms with van der Waals surface area (Å²) >= 11 is 1.99. The van der Waals surface area contributed by atoms with Gasteiger partial charge in [0.25, 0.3) is 0 Å². The van der Waals surface area contributed by atoms with E-state index in [4.69, 9.17) is 9.47 Å². The summed E-state index contributed by atoms with van der Waals surface area (Å²) in [5, 5.41) is 18.7. The highest BCUT2D eigenvalue weighted by molar-refractivity contribution is 7.19. The lowest BCUT2D eigenvalue weighted by Gasteiger charge is -2.26. The summed E-state index contributed by atoms with van der Waals surface area (Å²) in [4.78, 5) is 0.918. The molecular weight excluding hydrogens is 743 g/mol. The summed E-state index contributed by atoms with van der Waals surface area (Å²) in [6.07, 6.45) is -0.0481. The van der Waals surface area contributed by atoms with Crippen molar-refractivity contribution in [3.63, 3.8) is 0 Å². The lowest BCUT2D eigenvalue weighted by atomic mass is 9.92. The number of halogens is 6. The van der Waals surface area contributed by atoms with Gasteiger partial charge in [0.15, 0.2) is 0 Å². The third-order valence-corrected chi connectivity index (χ3v) is 11.6. The number of hydrogen-bond acceptors (Lipinski definition) is 6. The van der Waals surface area contributed by atoms with E-state index in [0.29, 0.717) is 43.5 Å². The van der Waals surface area contributed by atoms with E-state index >= 15 is 26.3 Å². The first-order valence-corrected chi connectivity index (χ1v) is 17.9. The minimum atomic E-state index is -5.80. The fraction of sp³-hybridized carbons (Fsp3) is 0.143. The number of benzene rings is 4. The summed E-state index contributed by atoms with van der Waals surface area (Å²) < 4.78 is 108. The van der Waals surface area contributed by atoms with Crippen LogP contribution in [0.25, 0.3) is 42.5 Å². The van der Waals surface area contributed by atoms with Gasteiger partial charge in [0.05, 0.1) is 37.5 Å². The molecule has 270 valence electrons. The Balaban J connectivity index is 1.53. The predicted octanol–water partition coefficient (Wildman–Crippen LogP) is 12.0. The lowest BCUT2D eigenvalue weighted by Crippen LogP contribution is -2.48. The molecule has 2 aromatic heterocycles. The molecule has 0 spiro atoms. The second-order valence-corrected chi connectivity index (χ2v) is 14.6. The van der Waals surface area contributed by atoms with Crippen molar-refractivity contribution in [2.75, 3.05) is 14.2 Å². The smallest absolute Gasteiger partial charge is 0.380 e. The Morgan fingerprint density at radius 3 is 1.48 bits per heavy atom. The Morgan fingerprint density at radius 2 is 0.981 bits per heavy atom. The third kappa shape index (κ3) is 6.11. The first-order chi connectivity index (χ1) is 25.8. The maximum Gasteiger partial charge on any atom is 0.380 e. The van der Waals surface area contributed by atoms with Gasteiger partial charge in [0, 0.05) is 42.6 Å². The van der Waals surface area contributed by atoms with Crippen LogP contribution in [0.1, 0.15) is 32.7 Å². The highest BCUT2D eigenvalue weighted by atomic mass is 32.1. The van der Waals surface area contributed by atoms with E-state index in [0.717, 1.165) is 22.7 Å². The van der Waals surface area contributed by atoms with Gasteiger partial charge in [-0.25, -0.2) is 0 Å². The molecule has 12 heteroatoms. The number of alkyl halides is 6. The molecule has 0 bridgehead atoms. The van der Waals surface area contributed by atoms with Crippen LogP contribution in [-0.2, 0) is 6.42 Å². The van der Waals surface area contributed by atoms with Gasteiger partial charge in [-0.3, -0.25) is 0 Å². The van der Waals surface area contributed by atoms with Crippen LogP contribution in [0, 0.1) is 22.7 Å². The number of ether oxygens (including phenoxy) is 2. The van der Waals surface area contributed by atoms with Crippen molar-refractivity contribution in [2.45, 2.75) is 24.2 Å². The van der Waals surface area contributed by atoms with Crippen molar-refractivity contribution in [3.05, 3.63) is 142 Å². The molecule has 0 saturated heterocycles. The minimum absolute atomic E-state index is 0.0465. The molecule has 6 aromatic rings. The first kappa shape index (κ1) is 36.5. The molecule has 0 atom stereocenters. The molecule has 4 nitrogen and oxygen atoms in total. The van der Waals surface area contributed by atoms with Crippen molar-refractivity contribution < 1.29 is 35.8 Å². The quantitative estimate of drug-likeness (QED) is 0.137. The SMILES string of the molecule is COc1ccc(Cc2sc(-c3ccc(C#N)cc3)cc2C2=C(c3cc(-c4ccc(OC)cc4)sc3-c3ccc(C#N)cc3)C(F)(F)C(F)(F)C2(F)F)cc1. The summed E-state index contributed by atoms with van der Waals surface area (Å²) in [5.41, 5.74) is -1.39. The van der Waals surface area contributed by atoms with Gasteiger partial charge < -0.3 is 9.47 Å². The highest BCUT2D eigenvalue weighted by Gasteiger charge is 2.80. The topological polar surface area (TPSA) is 66.0 Å². The fourth-order valence-corrected chi connectivity index (χ4v) is 8.75. The van der Waals surface area contributed by atoms with Crippen molar-refractivity contribution in [2.24, 2.45) is 0 Å². The molecule has 0 unspecified atom stereocenters. The van der Waals surface area contributed by atoms with Crippen molar-refractivity contribution >= 4 is 33.8 Å². The molecule has 1 aliphatic carbocycles. The van der Waals surface area contributed by atoms with Crippen LogP contribution < -0.4 is 9.47 Å². The van der Waals surface area contributed by atoms with Crippen molar-refractivity contribution in [1.29, 1.82) is 10.5 Å². The molecule has 54 heavy (non-hydrogen) atoms. The maximum absolute atomic E-state index is 16.5. The second kappa shape index (κ2) is 13.9. The molecule has 0 saturated carbocycles. The summed E-state index contributed by atoms with van der Waals surface area (Å²) in [5.74, 6) is -15.4. The van der Waals surface area contributed by atoms with Gasteiger partial charge in [-0.2, -0.15) is 36.9 Å². The van der Waals surface area contributed by atoms with Crippen molar-refractivity contribution in [3.8, 4) is 55.0 Å². The molecule has 1 aliphatic rings.